The second-order valence-corrected chi connectivity index (χ2v) is 8.06. The predicted octanol–water partition coefficient (Wildman–Crippen LogP) is 5.16. The van der Waals surface area contributed by atoms with Crippen molar-refractivity contribution in [1.29, 1.82) is 5.26 Å². The van der Waals surface area contributed by atoms with E-state index in [1.807, 2.05) is 24.3 Å². The smallest absolute Gasteiger partial charge is 0.249 e. The molecule has 0 radical (unpaired) electrons. The standard InChI is InChI=1S/C19H17BrN2OS/c1-12-2-8-15-16(11-21)19(24-17(15)10-12)22-18(23)9-5-13-3-6-14(20)7-4-13/h3-7,9,12H,2,8,10H2,1H3,(H,22,23). The van der Waals surface area contributed by atoms with E-state index in [0.717, 1.165) is 34.9 Å². The number of hydrogen-bond donors (Lipinski definition) is 1. The molecule has 1 unspecified atom stereocenters. The zero-order valence-corrected chi connectivity index (χ0v) is 15.7. The summed E-state index contributed by atoms with van der Waals surface area (Å²) >= 11 is 4.93. The van der Waals surface area contributed by atoms with E-state index < -0.39 is 0 Å². The van der Waals surface area contributed by atoms with E-state index in [1.165, 1.54) is 11.0 Å². The van der Waals surface area contributed by atoms with Crippen molar-refractivity contribution in [2.45, 2.75) is 26.2 Å². The molecule has 0 spiro atoms. The van der Waals surface area contributed by atoms with Crippen LogP contribution in [0.5, 0.6) is 0 Å². The van der Waals surface area contributed by atoms with Crippen LogP contribution in [0.3, 0.4) is 0 Å². The molecule has 2 aromatic rings. The molecule has 0 aliphatic heterocycles. The molecule has 0 bridgehead atoms. The van der Waals surface area contributed by atoms with Crippen LogP contribution in [0.1, 0.15) is 34.9 Å². The summed E-state index contributed by atoms with van der Waals surface area (Å²) in [7, 11) is 0. The average molecular weight is 401 g/mol. The van der Waals surface area contributed by atoms with Gasteiger partial charge in [0.25, 0.3) is 0 Å². The van der Waals surface area contributed by atoms with E-state index >= 15 is 0 Å². The number of carbonyl (C=O) groups is 1. The number of nitrogens with one attached hydrogen (secondary N) is 1. The van der Waals surface area contributed by atoms with Crippen molar-refractivity contribution in [3.05, 3.63) is 56.4 Å². The summed E-state index contributed by atoms with van der Waals surface area (Å²) in [5.74, 6) is 0.435. The molecule has 3 nitrogen and oxygen atoms in total. The van der Waals surface area contributed by atoms with Crippen LogP contribution in [0.2, 0.25) is 0 Å². The van der Waals surface area contributed by atoms with E-state index in [1.54, 1.807) is 17.4 Å². The highest BCUT2D eigenvalue weighted by Crippen LogP contribution is 2.39. The molecular formula is C19H17BrN2OS. The van der Waals surface area contributed by atoms with Gasteiger partial charge in [0.1, 0.15) is 11.1 Å². The first-order valence-electron chi connectivity index (χ1n) is 7.86. The van der Waals surface area contributed by atoms with Crippen LogP contribution in [-0.4, -0.2) is 5.91 Å². The van der Waals surface area contributed by atoms with Crippen molar-refractivity contribution in [2.75, 3.05) is 5.32 Å². The SMILES string of the molecule is CC1CCc2c(sc(NC(=O)C=Cc3ccc(Br)cc3)c2C#N)C1. The maximum atomic E-state index is 12.2. The van der Waals surface area contributed by atoms with Gasteiger partial charge in [0, 0.05) is 15.4 Å². The lowest BCUT2D eigenvalue weighted by molar-refractivity contribution is -0.111. The second-order valence-electron chi connectivity index (χ2n) is 6.04. The highest BCUT2D eigenvalue weighted by atomic mass is 79.9. The Morgan fingerprint density at radius 3 is 2.88 bits per heavy atom. The van der Waals surface area contributed by atoms with Crippen molar-refractivity contribution in [3.63, 3.8) is 0 Å². The zero-order valence-electron chi connectivity index (χ0n) is 13.3. The van der Waals surface area contributed by atoms with Crippen LogP contribution in [0, 0.1) is 17.2 Å². The van der Waals surface area contributed by atoms with Crippen LogP contribution in [0.4, 0.5) is 5.00 Å². The average Bonchev–Trinajstić information content (AvgIpc) is 2.90. The molecule has 5 heteroatoms. The molecule has 0 saturated heterocycles. The van der Waals surface area contributed by atoms with Gasteiger partial charge in [-0.2, -0.15) is 5.26 Å². The van der Waals surface area contributed by atoms with E-state index in [0.29, 0.717) is 16.5 Å². The minimum Gasteiger partial charge on any atom is -0.313 e. The Morgan fingerprint density at radius 1 is 1.42 bits per heavy atom. The molecule has 1 N–H and O–H groups in total. The largest absolute Gasteiger partial charge is 0.313 e. The Morgan fingerprint density at radius 2 is 2.17 bits per heavy atom. The number of fused-ring (bicyclic) bond motifs is 1. The summed E-state index contributed by atoms with van der Waals surface area (Å²) in [4.78, 5) is 13.4. The van der Waals surface area contributed by atoms with E-state index in [4.69, 9.17) is 0 Å². The van der Waals surface area contributed by atoms with Gasteiger partial charge >= 0.3 is 0 Å². The number of halogens is 1. The van der Waals surface area contributed by atoms with E-state index in [2.05, 4.69) is 34.2 Å². The third-order valence-corrected chi connectivity index (χ3v) is 5.86. The summed E-state index contributed by atoms with van der Waals surface area (Å²) in [6, 6.07) is 9.99. The molecule has 0 fully saturated rings. The summed E-state index contributed by atoms with van der Waals surface area (Å²) in [5.41, 5.74) is 2.73. The number of carbonyl (C=O) groups excluding carboxylic acids is 1. The molecule has 1 heterocycles. The highest BCUT2D eigenvalue weighted by Gasteiger charge is 2.24. The number of anilines is 1. The van der Waals surface area contributed by atoms with Crippen molar-refractivity contribution in [2.24, 2.45) is 5.92 Å². The Balaban J connectivity index is 1.75. The predicted molar refractivity (Wildman–Crippen MR) is 102 cm³/mol. The van der Waals surface area contributed by atoms with E-state index in [9.17, 15) is 10.1 Å². The first kappa shape index (κ1) is 16.9. The fourth-order valence-corrected chi connectivity index (χ4v) is 4.48. The fraction of sp³-hybridized carbons (Fsp3) is 0.263. The normalized spacial score (nSPS) is 16.6. The lowest BCUT2D eigenvalue weighted by atomic mass is 9.89. The highest BCUT2D eigenvalue weighted by molar-refractivity contribution is 9.10. The van der Waals surface area contributed by atoms with Gasteiger partial charge < -0.3 is 5.32 Å². The Labute approximate surface area is 154 Å². The molecule has 1 aliphatic carbocycles. The first-order chi connectivity index (χ1) is 11.6. The number of rotatable bonds is 3. The van der Waals surface area contributed by atoms with Gasteiger partial charge in [-0.25, -0.2) is 0 Å². The molecule has 1 aromatic carbocycles. The Kier molecular flexibility index (Phi) is 5.17. The zero-order chi connectivity index (χ0) is 17.1. The Bertz CT molecular complexity index is 830. The lowest BCUT2D eigenvalue weighted by Crippen LogP contribution is -2.10. The maximum absolute atomic E-state index is 12.2. The minimum absolute atomic E-state index is 0.207. The number of benzene rings is 1. The number of amides is 1. The van der Waals surface area contributed by atoms with E-state index in [-0.39, 0.29) is 5.91 Å². The molecule has 0 saturated carbocycles. The molecule has 1 atom stereocenters. The quantitative estimate of drug-likeness (QED) is 0.723. The number of hydrogen-bond acceptors (Lipinski definition) is 3. The lowest BCUT2D eigenvalue weighted by Gasteiger charge is -2.17. The van der Waals surface area contributed by atoms with Gasteiger partial charge in [-0.05, 0) is 54.5 Å². The van der Waals surface area contributed by atoms with Gasteiger partial charge in [0.15, 0.2) is 0 Å². The molecule has 122 valence electrons. The number of nitriles is 1. The number of thiophene rings is 1. The van der Waals surface area contributed by atoms with Gasteiger partial charge in [-0.15, -0.1) is 11.3 Å². The summed E-state index contributed by atoms with van der Waals surface area (Å²) in [6.45, 7) is 2.23. The van der Waals surface area contributed by atoms with Gasteiger partial charge in [-0.3, -0.25) is 4.79 Å². The second kappa shape index (κ2) is 7.33. The van der Waals surface area contributed by atoms with Crippen LogP contribution in [0.15, 0.2) is 34.8 Å². The third-order valence-electron chi connectivity index (χ3n) is 4.16. The fourth-order valence-electron chi connectivity index (χ4n) is 2.86. The maximum Gasteiger partial charge on any atom is 0.249 e. The van der Waals surface area contributed by atoms with Gasteiger partial charge in [0.2, 0.25) is 5.91 Å². The molecule has 24 heavy (non-hydrogen) atoms. The minimum atomic E-state index is -0.207. The molecular weight excluding hydrogens is 384 g/mol. The van der Waals surface area contributed by atoms with Crippen LogP contribution >= 0.6 is 27.3 Å². The summed E-state index contributed by atoms with van der Waals surface area (Å²) in [5, 5.41) is 13.0. The summed E-state index contributed by atoms with van der Waals surface area (Å²) < 4.78 is 1.00. The summed E-state index contributed by atoms with van der Waals surface area (Å²) in [6.07, 6.45) is 6.31. The Hall–Kier alpha value is -1.90. The topological polar surface area (TPSA) is 52.9 Å². The number of nitrogens with zero attached hydrogens (tertiary/aromatic N) is 1. The van der Waals surface area contributed by atoms with Crippen molar-refractivity contribution in [1.82, 2.24) is 0 Å². The monoisotopic (exact) mass is 400 g/mol. The van der Waals surface area contributed by atoms with Crippen molar-refractivity contribution in [3.8, 4) is 6.07 Å². The molecule has 1 amide bonds. The van der Waals surface area contributed by atoms with Gasteiger partial charge in [-0.1, -0.05) is 35.0 Å². The van der Waals surface area contributed by atoms with Gasteiger partial charge in [0.05, 0.1) is 5.56 Å². The molecule has 1 aliphatic rings. The van der Waals surface area contributed by atoms with Crippen LogP contribution in [-0.2, 0) is 17.6 Å². The van der Waals surface area contributed by atoms with Crippen LogP contribution in [0.25, 0.3) is 6.08 Å². The van der Waals surface area contributed by atoms with Crippen molar-refractivity contribution < 1.29 is 4.79 Å². The van der Waals surface area contributed by atoms with Crippen molar-refractivity contribution >= 4 is 44.3 Å². The third kappa shape index (κ3) is 3.77. The van der Waals surface area contributed by atoms with Crippen LogP contribution < -0.4 is 5.32 Å². The molecule has 1 aromatic heterocycles. The first-order valence-corrected chi connectivity index (χ1v) is 9.47. The molecule has 3 rings (SSSR count).